The van der Waals surface area contributed by atoms with E-state index in [1.807, 2.05) is 48.5 Å². The Morgan fingerprint density at radius 3 is 2.84 bits per heavy atom. The van der Waals surface area contributed by atoms with Crippen LogP contribution in [-0.4, -0.2) is 11.8 Å². The molecule has 0 spiro atoms. The Balaban J connectivity index is 1.35. The third-order valence-corrected chi connectivity index (χ3v) is 7.09. The van der Waals surface area contributed by atoms with Crippen molar-refractivity contribution in [3.05, 3.63) is 98.9 Å². The number of hydrogen-bond acceptors (Lipinski definition) is 3. The Morgan fingerprint density at radius 1 is 1.09 bits per heavy atom. The predicted molar refractivity (Wildman–Crippen MR) is 130 cm³/mol. The van der Waals surface area contributed by atoms with E-state index in [0.717, 1.165) is 29.7 Å². The van der Waals surface area contributed by atoms with Gasteiger partial charge in [0.05, 0.1) is 16.6 Å². The van der Waals surface area contributed by atoms with Crippen LogP contribution < -0.4 is 10.6 Å². The molecule has 1 unspecified atom stereocenters. The van der Waals surface area contributed by atoms with Gasteiger partial charge in [-0.25, -0.2) is 0 Å². The number of benzene rings is 3. The molecule has 0 saturated heterocycles. The highest BCUT2D eigenvalue weighted by Crippen LogP contribution is 2.39. The molecule has 0 saturated carbocycles. The van der Waals surface area contributed by atoms with Gasteiger partial charge in [-0.2, -0.15) is 0 Å². The Hall–Kier alpha value is -3.02. The minimum Gasteiger partial charge on any atom is -0.345 e. The molecule has 5 rings (SSSR count). The minimum atomic E-state index is -0.193. The van der Waals surface area contributed by atoms with Gasteiger partial charge < -0.3 is 10.6 Å². The number of carbonyl (C=O) groups is 2. The summed E-state index contributed by atoms with van der Waals surface area (Å²) in [6.45, 7) is 0. The molecule has 2 amide bonds. The first-order valence-electron chi connectivity index (χ1n) is 10.6. The third-order valence-electron chi connectivity index (χ3n) is 5.75. The van der Waals surface area contributed by atoms with Gasteiger partial charge in [0, 0.05) is 15.5 Å². The van der Waals surface area contributed by atoms with Crippen molar-refractivity contribution in [1.82, 2.24) is 5.32 Å². The molecule has 160 valence electrons. The van der Waals surface area contributed by atoms with Crippen LogP contribution in [0.15, 0.2) is 76.5 Å². The summed E-state index contributed by atoms with van der Waals surface area (Å²) in [5.74, 6) is -0.324. The number of amides is 2. The number of carbonyl (C=O) groups excluding carboxylic acids is 2. The van der Waals surface area contributed by atoms with E-state index in [0.29, 0.717) is 21.2 Å². The van der Waals surface area contributed by atoms with Crippen LogP contribution in [0.5, 0.6) is 0 Å². The molecule has 2 N–H and O–H groups in total. The number of aryl methyl sites for hydroxylation is 1. The number of halogens is 1. The van der Waals surface area contributed by atoms with E-state index in [1.165, 1.54) is 22.9 Å². The van der Waals surface area contributed by atoms with Crippen LogP contribution in [0, 0.1) is 0 Å². The van der Waals surface area contributed by atoms with Gasteiger partial charge in [0.1, 0.15) is 0 Å². The van der Waals surface area contributed by atoms with Crippen LogP contribution in [0.1, 0.15) is 45.9 Å². The van der Waals surface area contributed by atoms with Crippen molar-refractivity contribution in [3.8, 4) is 0 Å². The fraction of sp³-hybridized carbons (Fsp3) is 0.154. The van der Waals surface area contributed by atoms with Gasteiger partial charge in [0.25, 0.3) is 11.8 Å². The van der Waals surface area contributed by atoms with Crippen LogP contribution in [0.25, 0.3) is 6.08 Å². The molecule has 0 radical (unpaired) electrons. The molecule has 3 aromatic carbocycles. The number of hydrogen-bond donors (Lipinski definition) is 2. The van der Waals surface area contributed by atoms with Gasteiger partial charge >= 0.3 is 0 Å². The zero-order valence-corrected chi connectivity index (χ0v) is 18.8. The number of anilines is 1. The fourth-order valence-electron chi connectivity index (χ4n) is 4.19. The molecule has 4 nitrogen and oxygen atoms in total. The first kappa shape index (κ1) is 20.9. The minimum absolute atomic E-state index is 0.0136. The fourth-order valence-corrected chi connectivity index (χ4v) is 5.33. The summed E-state index contributed by atoms with van der Waals surface area (Å²) >= 11 is 7.44. The highest BCUT2D eigenvalue weighted by molar-refractivity contribution is 8.04. The van der Waals surface area contributed by atoms with E-state index in [-0.39, 0.29) is 17.9 Å². The second kappa shape index (κ2) is 8.85. The molecule has 1 aliphatic heterocycles. The van der Waals surface area contributed by atoms with Crippen LogP contribution in [0.4, 0.5) is 5.69 Å². The molecule has 32 heavy (non-hydrogen) atoms. The molecular weight excluding hydrogens is 440 g/mol. The molecule has 6 heteroatoms. The van der Waals surface area contributed by atoms with E-state index in [4.69, 9.17) is 11.6 Å². The van der Waals surface area contributed by atoms with Crippen molar-refractivity contribution in [2.75, 3.05) is 5.32 Å². The topological polar surface area (TPSA) is 58.2 Å². The van der Waals surface area contributed by atoms with Crippen molar-refractivity contribution in [2.45, 2.75) is 30.2 Å². The SMILES string of the molecule is O=C1Nc2cc(C(=O)NC3CCCc4ccccc43)ccc2S/C1=C/c1cccc(Cl)c1. The van der Waals surface area contributed by atoms with Gasteiger partial charge in [-0.3, -0.25) is 9.59 Å². The Bertz CT molecular complexity index is 1250. The zero-order chi connectivity index (χ0) is 22.1. The van der Waals surface area contributed by atoms with Gasteiger partial charge in [0.15, 0.2) is 0 Å². The van der Waals surface area contributed by atoms with Crippen LogP contribution in [-0.2, 0) is 11.2 Å². The van der Waals surface area contributed by atoms with Crippen molar-refractivity contribution in [3.63, 3.8) is 0 Å². The lowest BCUT2D eigenvalue weighted by molar-refractivity contribution is -0.112. The van der Waals surface area contributed by atoms with Crippen molar-refractivity contribution >= 4 is 46.9 Å². The number of thioether (sulfide) groups is 1. The Labute approximate surface area is 196 Å². The lowest BCUT2D eigenvalue weighted by atomic mass is 9.87. The zero-order valence-electron chi connectivity index (χ0n) is 17.2. The number of rotatable bonds is 3. The summed E-state index contributed by atoms with van der Waals surface area (Å²) < 4.78 is 0. The van der Waals surface area contributed by atoms with Crippen molar-refractivity contribution in [2.24, 2.45) is 0 Å². The summed E-state index contributed by atoms with van der Waals surface area (Å²) in [5.41, 5.74) is 4.55. The lowest BCUT2D eigenvalue weighted by Gasteiger charge is -2.26. The molecule has 1 aliphatic carbocycles. The van der Waals surface area contributed by atoms with Crippen molar-refractivity contribution in [1.29, 1.82) is 0 Å². The largest absolute Gasteiger partial charge is 0.345 e. The van der Waals surface area contributed by atoms with Gasteiger partial charge in [-0.1, -0.05) is 59.8 Å². The molecule has 1 atom stereocenters. The van der Waals surface area contributed by atoms with Crippen LogP contribution >= 0.6 is 23.4 Å². The van der Waals surface area contributed by atoms with Crippen LogP contribution in [0.3, 0.4) is 0 Å². The average molecular weight is 461 g/mol. The number of fused-ring (bicyclic) bond motifs is 2. The Morgan fingerprint density at radius 2 is 1.97 bits per heavy atom. The average Bonchev–Trinajstić information content (AvgIpc) is 2.79. The maximum Gasteiger partial charge on any atom is 0.262 e. The molecule has 0 fully saturated rings. The highest BCUT2D eigenvalue weighted by atomic mass is 35.5. The first-order valence-corrected chi connectivity index (χ1v) is 11.8. The van der Waals surface area contributed by atoms with Gasteiger partial charge in [0.2, 0.25) is 0 Å². The summed E-state index contributed by atoms with van der Waals surface area (Å²) in [4.78, 5) is 27.1. The van der Waals surface area contributed by atoms with Crippen molar-refractivity contribution < 1.29 is 9.59 Å². The molecule has 2 aliphatic rings. The second-order valence-electron chi connectivity index (χ2n) is 7.95. The lowest BCUT2D eigenvalue weighted by Crippen LogP contribution is -2.31. The summed E-state index contributed by atoms with van der Waals surface area (Å²) in [6, 6.07) is 21.1. The van der Waals surface area contributed by atoms with E-state index in [2.05, 4.69) is 22.8 Å². The maximum absolute atomic E-state index is 13.0. The summed E-state index contributed by atoms with van der Waals surface area (Å²) in [7, 11) is 0. The monoisotopic (exact) mass is 460 g/mol. The smallest absolute Gasteiger partial charge is 0.262 e. The van der Waals surface area contributed by atoms with E-state index >= 15 is 0 Å². The summed E-state index contributed by atoms with van der Waals surface area (Å²) in [5, 5.41) is 6.71. The first-order chi connectivity index (χ1) is 15.6. The quantitative estimate of drug-likeness (QED) is 0.455. The predicted octanol–water partition coefficient (Wildman–Crippen LogP) is 6.23. The standard InChI is InChI=1S/C26H21ClN2O2S/c27-19-8-3-5-16(13-19)14-24-26(31)29-22-15-18(11-12-23(22)32-24)25(30)28-21-10-4-7-17-6-1-2-9-20(17)21/h1-3,5-6,8-9,11-15,21H,4,7,10H2,(H,28,30)(H,29,31)/b24-14+. The van der Waals surface area contributed by atoms with Gasteiger partial charge in [-0.05, 0) is 72.4 Å². The molecule has 3 aromatic rings. The maximum atomic E-state index is 13.0. The van der Waals surface area contributed by atoms with Gasteiger partial charge in [-0.15, -0.1) is 0 Å². The van der Waals surface area contributed by atoms with E-state index in [9.17, 15) is 9.59 Å². The van der Waals surface area contributed by atoms with Crippen LogP contribution in [0.2, 0.25) is 5.02 Å². The summed E-state index contributed by atoms with van der Waals surface area (Å²) in [6.07, 6.45) is 4.85. The molecule has 0 aromatic heterocycles. The second-order valence-corrected chi connectivity index (χ2v) is 9.47. The third kappa shape index (κ3) is 4.31. The molecule has 0 bridgehead atoms. The molecular formula is C26H21ClN2O2S. The van der Waals surface area contributed by atoms with E-state index in [1.54, 1.807) is 12.1 Å². The normalized spacial score (nSPS) is 18.5. The highest BCUT2D eigenvalue weighted by Gasteiger charge is 2.25. The van der Waals surface area contributed by atoms with E-state index < -0.39 is 0 Å². The number of nitrogens with one attached hydrogen (secondary N) is 2. The molecule has 1 heterocycles. The Kier molecular flexibility index (Phi) is 5.77.